The standard InChI is InChI=1S/C23H32N2O4/c1-23(27,17-24(2)3)20-6-9-22-19(14-20)16-25(10-12-29-22)15-18-4-7-21(8-5-18)28-13-11-26/h4-9,14,26-27H,10-13,15-17H2,1-3H3. The van der Waals surface area contributed by atoms with E-state index in [9.17, 15) is 5.11 Å². The summed E-state index contributed by atoms with van der Waals surface area (Å²) in [5.74, 6) is 1.66. The molecule has 1 aliphatic heterocycles. The molecule has 158 valence electrons. The van der Waals surface area contributed by atoms with E-state index in [2.05, 4.69) is 23.1 Å². The summed E-state index contributed by atoms with van der Waals surface area (Å²) in [7, 11) is 3.92. The van der Waals surface area contributed by atoms with Crippen LogP contribution in [0.3, 0.4) is 0 Å². The predicted octanol–water partition coefficient (Wildman–Crippen LogP) is 2.22. The lowest BCUT2D eigenvalue weighted by molar-refractivity contribution is 0.0299. The van der Waals surface area contributed by atoms with Crippen molar-refractivity contribution in [1.29, 1.82) is 0 Å². The van der Waals surface area contributed by atoms with Gasteiger partial charge in [0.15, 0.2) is 0 Å². The number of aliphatic hydroxyl groups excluding tert-OH is 1. The van der Waals surface area contributed by atoms with E-state index < -0.39 is 5.60 Å². The van der Waals surface area contributed by atoms with E-state index in [1.165, 1.54) is 5.56 Å². The highest BCUT2D eigenvalue weighted by molar-refractivity contribution is 5.40. The Bertz CT molecular complexity index is 790. The maximum Gasteiger partial charge on any atom is 0.123 e. The van der Waals surface area contributed by atoms with Gasteiger partial charge >= 0.3 is 0 Å². The average Bonchev–Trinajstić information content (AvgIpc) is 2.87. The van der Waals surface area contributed by atoms with Crippen LogP contribution < -0.4 is 9.47 Å². The van der Waals surface area contributed by atoms with E-state index >= 15 is 0 Å². The summed E-state index contributed by atoms with van der Waals surface area (Å²) in [5, 5.41) is 19.7. The number of rotatable bonds is 8. The first-order chi connectivity index (χ1) is 13.9. The van der Waals surface area contributed by atoms with Crippen LogP contribution in [-0.4, -0.2) is 67.0 Å². The van der Waals surface area contributed by atoms with E-state index in [-0.39, 0.29) is 6.61 Å². The molecule has 0 aliphatic carbocycles. The van der Waals surface area contributed by atoms with E-state index in [0.717, 1.165) is 42.3 Å². The second kappa shape index (κ2) is 9.59. The third-order valence-electron chi connectivity index (χ3n) is 5.06. The molecule has 29 heavy (non-hydrogen) atoms. The molecule has 0 radical (unpaired) electrons. The van der Waals surface area contributed by atoms with Crippen molar-refractivity contribution in [3.8, 4) is 11.5 Å². The topological polar surface area (TPSA) is 65.4 Å². The maximum absolute atomic E-state index is 10.9. The first kappa shape index (κ1) is 21.6. The molecule has 2 N–H and O–H groups in total. The third-order valence-corrected chi connectivity index (χ3v) is 5.06. The highest BCUT2D eigenvalue weighted by atomic mass is 16.5. The summed E-state index contributed by atoms with van der Waals surface area (Å²) in [6.45, 7) is 5.77. The van der Waals surface area contributed by atoms with Crippen molar-refractivity contribution >= 4 is 0 Å². The Kier molecular flexibility index (Phi) is 7.14. The van der Waals surface area contributed by atoms with Gasteiger partial charge in [0.25, 0.3) is 0 Å². The highest BCUT2D eigenvalue weighted by Gasteiger charge is 2.26. The van der Waals surface area contributed by atoms with Gasteiger partial charge in [0.2, 0.25) is 0 Å². The van der Waals surface area contributed by atoms with Crippen molar-refractivity contribution in [3.05, 3.63) is 59.2 Å². The van der Waals surface area contributed by atoms with Crippen molar-refractivity contribution in [1.82, 2.24) is 9.80 Å². The largest absolute Gasteiger partial charge is 0.492 e. The second-order valence-corrected chi connectivity index (χ2v) is 8.11. The van der Waals surface area contributed by atoms with E-state index in [1.54, 1.807) is 0 Å². The molecule has 0 amide bonds. The zero-order chi connectivity index (χ0) is 20.9. The molecule has 0 aromatic heterocycles. The monoisotopic (exact) mass is 400 g/mol. The number of hydrogen-bond acceptors (Lipinski definition) is 6. The normalized spacial score (nSPS) is 16.6. The zero-order valence-electron chi connectivity index (χ0n) is 17.6. The van der Waals surface area contributed by atoms with Crippen LogP contribution in [0.2, 0.25) is 0 Å². The van der Waals surface area contributed by atoms with Gasteiger partial charge in [-0.2, -0.15) is 0 Å². The molecule has 0 saturated heterocycles. The van der Waals surface area contributed by atoms with Gasteiger partial charge in [-0.3, -0.25) is 4.90 Å². The SMILES string of the molecule is CN(C)CC(C)(O)c1ccc2c(c1)CN(Cc1ccc(OCCO)cc1)CCO2. The van der Waals surface area contributed by atoms with Gasteiger partial charge in [-0.1, -0.05) is 18.2 Å². The molecule has 6 heteroatoms. The van der Waals surface area contributed by atoms with Gasteiger partial charge < -0.3 is 24.6 Å². The Hall–Kier alpha value is -2.12. The van der Waals surface area contributed by atoms with Crippen LogP contribution in [0.1, 0.15) is 23.6 Å². The van der Waals surface area contributed by atoms with Gasteiger partial charge in [0, 0.05) is 31.7 Å². The maximum atomic E-state index is 10.9. The fourth-order valence-electron chi connectivity index (χ4n) is 3.74. The summed E-state index contributed by atoms with van der Waals surface area (Å²) in [4.78, 5) is 4.34. The Balaban J connectivity index is 1.71. The number of fused-ring (bicyclic) bond motifs is 1. The molecular weight excluding hydrogens is 368 g/mol. The van der Waals surface area contributed by atoms with Crippen molar-refractivity contribution < 1.29 is 19.7 Å². The van der Waals surface area contributed by atoms with Crippen LogP contribution in [0, 0.1) is 0 Å². The minimum Gasteiger partial charge on any atom is -0.492 e. The molecule has 2 aromatic rings. The van der Waals surface area contributed by atoms with Crippen LogP contribution in [-0.2, 0) is 18.7 Å². The smallest absolute Gasteiger partial charge is 0.123 e. The number of ether oxygens (including phenoxy) is 2. The van der Waals surface area contributed by atoms with Gasteiger partial charge in [0.05, 0.1) is 12.2 Å². The number of nitrogens with zero attached hydrogens (tertiary/aromatic N) is 2. The van der Waals surface area contributed by atoms with Gasteiger partial charge in [0.1, 0.15) is 24.7 Å². The molecule has 1 atom stereocenters. The highest BCUT2D eigenvalue weighted by Crippen LogP contribution is 2.30. The fourth-order valence-corrected chi connectivity index (χ4v) is 3.74. The number of likely N-dealkylation sites (N-methyl/N-ethyl adjacent to an activating group) is 1. The molecule has 3 rings (SSSR count). The minimum atomic E-state index is -0.917. The van der Waals surface area contributed by atoms with E-state index in [0.29, 0.717) is 19.8 Å². The van der Waals surface area contributed by atoms with Crippen molar-refractivity contribution in [2.24, 2.45) is 0 Å². The quantitative estimate of drug-likeness (QED) is 0.708. The van der Waals surface area contributed by atoms with Crippen molar-refractivity contribution in [2.75, 3.05) is 47.0 Å². The van der Waals surface area contributed by atoms with Crippen molar-refractivity contribution in [2.45, 2.75) is 25.6 Å². The minimum absolute atomic E-state index is 0.0123. The Morgan fingerprint density at radius 1 is 1.17 bits per heavy atom. The number of benzene rings is 2. The lowest BCUT2D eigenvalue weighted by Gasteiger charge is -2.28. The first-order valence-electron chi connectivity index (χ1n) is 10.1. The van der Waals surface area contributed by atoms with Gasteiger partial charge in [-0.25, -0.2) is 0 Å². The molecule has 1 unspecified atom stereocenters. The average molecular weight is 401 g/mol. The summed E-state index contributed by atoms with van der Waals surface area (Å²) in [5.41, 5.74) is 2.28. The molecule has 2 aromatic carbocycles. The summed E-state index contributed by atoms with van der Waals surface area (Å²) in [6, 6.07) is 14.0. The Labute approximate surface area is 173 Å². The summed E-state index contributed by atoms with van der Waals surface area (Å²) < 4.78 is 11.4. The van der Waals surface area contributed by atoms with Gasteiger partial charge in [-0.15, -0.1) is 0 Å². The molecule has 1 aliphatic rings. The summed E-state index contributed by atoms with van der Waals surface area (Å²) >= 11 is 0. The molecule has 0 fully saturated rings. The Morgan fingerprint density at radius 2 is 1.93 bits per heavy atom. The molecule has 0 bridgehead atoms. The predicted molar refractivity (Wildman–Crippen MR) is 113 cm³/mol. The lowest BCUT2D eigenvalue weighted by atomic mass is 9.93. The van der Waals surface area contributed by atoms with Crippen molar-refractivity contribution in [3.63, 3.8) is 0 Å². The van der Waals surface area contributed by atoms with Crippen LogP contribution >= 0.6 is 0 Å². The van der Waals surface area contributed by atoms with E-state index in [1.807, 2.05) is 50.2 Å². The van der Waals surface area contributed by atoms with Crippen LogP contribution in [0.25, 0.3) is 0 Å². The van der Waals surface area contributed by atoms with Gasteiger partial charge in [-0.05, 0) is 56.4 Å². The first-order valence-corrected chi connectivity index (χ1v) is 10.1. The number of aliphatic hydroxyl groups is 2. The summed E-state index contributed by atoms with van der Waals surface area (Å²) in [6.07, 6.45) is 0. The lowest BCUT2D eigenvalue weighted by Crippen LogP contribution is -2.34. The Morgan fingerprint density at radius 3 is 2.62 bits per heavy atom. The fraction of sp³-hybridized carbons (Fsp3) is 0.478. The van der Waals surface area contributed by atoms with Crippen LogP contribution in [0.5, 0.6) is 11.5 Å². The molecule has 6 nitrogen and oxygen atoms in total. The molecule has 1 heterocycles. The molecular formula is C23H32N2O4. The van der Waals surface area contributed by atoms with Crippen LogP contribution in [0.15, 0.2) is 42.5 Å². The molecule has 0 spiro atoms. The zero-order valence-corrected chi connectivity index (χ0v) is 17.6. The van der Waals surface area contributed by atoms with E-state index in [4.69, 9.17) is 14.6 Å². The third kappa shape index (κ3) is 5.93. The molecule has 0 saturated carbocycles. The van der Waals surface area contributed by atoms with Crippen LogP contribution in [0.4, 0.5) is 0 Å². The number of hydrogen-bond donors (Lipinski definition) is 2. The second-order valence-electron chi connectivity index (χ2n) is 8.11.